The van der Waals surface area contributed by atoms with E-state index in [-0.39, 0.29) is 5.97 Å². The number of carbonyl (C=O) groups is 2. The number of benzene rings is 1. The lowest BCUT2D eigenvalue weighted by atomic mass is 10.2. The summed E-state index contributed by atoms with van der Waals surface area (Å²) in [7, 11) is 0. The van der Waals surface area contributed by atoms with Gasteiger partial charge in [-0.05, 0) is 18.6 Å². The zero-order chi connectivity index (χ0) is 16.7. The lowest BCUT2D eigenvalue weighted by molar-refractivity contribution is -0.131. The van der Waals surface area contributed by atoms with Gasteiger partial charge >= 0.3 is 11.9 Å². The monoisotopic (exact) mass is 291 g/mol. The Morgan fingerprint density at radius 1 is 1.24 bits per heavy atom. The van der Waals surface area contributed by atoms with Gasteiger partial charge in [-0.1, -0.05) is 58.5 Å². The highest BCUT2D eigenvalue weighted by Gasteiger charge is 2.06. The van der Waals surface area contributed by atoms with Crippen molar-refractivity contribution in [3.63, 3.8) is 0 Å². The summed E-state index contributed by atoms with van der Waals surface area (Å²) < 4.78 is 5.03. The van der Waals surface area contributed by atoms with E-state index in [9.17, 15) is 9.59 Å². The number of carboxylic acid groups (broad SMARTS) is 1. The maximum atomic E-state index is 11.2. The maximum Gasteiger partial charge on any atom is 0.338 e. The number of rotatable bonds is 4. The van der Waals surface area contributed by atoms with Crippen molar-refractivity contribution in [2.75, 3.05) is 0 Å². The summed E-state index contributed by atoms with van der Waals surface area (Å²) in [5.41, 5.74) is 0.490. The lowest BCUT2D eigenvalue weighted by Gasteiger charge is -2.03. The van der Waals surface area contributed by atoms with Gasteiger partial charge in [-0.2, -0.15) is 0 Å². The van der Waals surface area contributed by atoms with Crippen LogP contribution in [0.2, 0.25) is 0 Å². The van der Waals surface area contributed by atoms with Crippen molar-refractivity contribution in [2.45, 2.75) is 26.7 Å². The Hall–Kier alpha value is -2.36. The average Bonchev–Trinajstić information content (AvgIpc) is 2.48. The van der Waals surface area contributed by atoms with Crippen LogP contribution >= 0.6 is 0 Å². The van der Waals surface area contributed by atoms with Gasteiger partial charge in [0, 0.05) is 11.6 Å². The minimum atomic E-state index is -0.981. The molecule has 1 aromatic carbocycles. The second-order valence-electron chi connectivity index (χ2n) is 3.70. The predicted molar refractivity (Wildman–Crippen MR) is 85.0 cm³/mol. The third-order valence-corrected chi connectivity index (χ3v) is 1.84. The summed E-state index contributed by atoms with van der Waals surface area (Å²) in [5.74, 6) is -0.777. The third kappa shape index (κ3) is 13.9. The highest BCUT2D eigenvalue weighted by molar-refractivity contribution is 5.89. The molecule has 115 valence electrons. The molecule has 1 aromatic rings. The molecule has 0 aliphatic heterocycles. The molecular formula is C17H23O4. The van der Waals surface area contributed by atoms with Crippen molar-refractivity contribution in [3.05, 3.63) is 62.1 Å². The molecule has 1 rings (SSSR count). The molecule has 0 amide bonds. The Bertz CT molecular complexity index is 435. The molecule has 0 unspecified atom stereocenters. The van der Waals surface area contributed by atoms with Crippen LogP contribution in [0.3, 0.4) is 0 Å². The Morgan fingerprint density at radius 3 is 2.00 bits per heavy atom. The van der Waals surface area contributed by atoms with Crippen LogP contribution in [0, 0.1) is 6.92 Å². The molecule has 4 nitrogen and oxygen atoms in total. The third-order valence-electron chi connectivity index (χ3n) is 1.84. The fourth-order valence-corrected chi connectivity index (χ4v) is 0.812. The highest BCUT2D eigenvalue weighted by atomic mass is 16.5. The molecule has 0 spiro atoms. The van der Waals surface area contributed by atoms with Crippen molar-refractivity contribution in [1.29, 1.82) is 0 Å². The molecule has 1 N–H and O–H groups in total. The van der Waals surface area contributed by atoms with Crippen molar-refractivity contribution in [2.24, 2.45) is 0 Å². The molecule has 0 aliphatic rings. The Kier molecular flexibility index (Phi) is 14.0. The first-order chi connectivity index (χ1) is 9.92. The zero-order valence-electron chi connectivity index (χ0n) is 12.7. The van der Waals surface area contributed by atoms with E-state index in [2.05, 4.69) is 20.1 Å². The van der Waals surface area contributed by atoms with Crippen LogP contribution in [0.5, 0.6) is 5.75 Å². The van der Waals surface area contributed by atoms with Gasteiger partial charge < -0.3 is 9.84 Å². The number of hydrogen-bond donors (Lipinski definition) is 1. The molecule has 0 heterocycles. The minimum absolute atomic E-state index is 0.353. The molecule has 0 bridgehead atoms. The first-order valence-electron chi connectivity index (χ1n) is 6.52. The lowest BCUT2D eigenvalue weighted by Crippen LogP contribution is -2.09. The van der Waals surface area contributed by atoms with E-state index >= 15 is 0 Å². The Labute approximate surface area is 126 Å². The summed E-state index contributed by atoms with van der Waals surface area (Å²) in [6.45, 7) is 13.9. The number of ether oxygens (including phenoxy) is 1. The highest BCUT2D eigenvalue weighted by Crippen LogP contribution is 2.11. The van der Waals surface area contributed by atoms with E-state index in [4.69, 9.17) is 9.84 Å². The van der Waals surface area contributed by atoms with E-state index in [0.717, 1.165) is 12.5 Å². The fourth-order valence-electron chi connectivity index (χ4n) is 0.812. The van der Waals surface area contributed by atoms with Crippen LogP contribution in [0.15, 0.2) is 55.1 Å². The maximum absolute atomic E-state index is 11.2. The molecule has 1 radical (unpaired) electrons. The first-order valence-corrected chi connectivity index (χ1v) is 6.52. The van der Waals surface area contributed by atoms with Crippen molar-refractivity contribution >= 4 is 11.9 Å². The van der Waals surface area contributed by atoms with Crippen LogP contribution in [-0.4, -0.2) is 17.0 Å². The quantitative estimate of drug-likeness (QED) is 0.516. The van der Waals surface area contributed by atoms with Gasteiger partial charge in [-0.25, -0.2) is 9.59 Å². The molecule has 0 fully saturated rings. The molecule has 0 aliphatic carbocycles. The zero-order valence-corrected chi connectivity index (χ0v) is 12.7. The Morgan fingerprint density at radius 2 is 1.67 bits per heavy atom. The van der Waals surface area contributed by atoms with Crippen LogP contribution in [0.25, 0.3) is 0 Å². The summed E-state index contributed by atoms with van der Waals surface area (Å²) in [5, 5.41) is 7.60. The summed E-state index contributed by atoms with van der Waals surface area (Å²) in [6, 6.07) is 8.97. The van der Waals surface area contributed by atoms with Gasteiger partial charge in [0.1, 0.15) is 5.75 Å². The van der Waals surface area contributed by atoms with E-state index in [1.165, 1.54) is 0 Å². The second kappa shape index (κ2) is 14.1. The SMILES string of the molecule is C=C(CC)C(=O)Oc1ccccc1.C=CC(=O)O.[CH2]CC. The largest absolute Gasteiger partial charge is 0.478 e. The van der Waals surface area contributed by atoms with Crippen LogP contribution in [0.4, 0.5) is 0 Å². The van der Waals surface area contributed by atoms with Crippen molar-refractivity contribution < 1.29 is 19.4 Å². The molecule has 0 saturated carbocycles. The number of hydrogen-bond acceptors (Lipinski definition) is 3. The molecule has 4 heteroatoms. The first kappa shape index (κ1) is 20.9. The van der Waals surface area contributed by atoms with Gasteiger partial charge in [-0.15, -0.1) is 0 Å². The minimum Gasteiger partial charge on any atom is -0.478 e. The molecule has 0 aromatic heterocycles. The van der Waals surface area contributed by atoms with Gasteiger partial charge in [0.2, 0.25) is 0 Å². The molecular weight excluding hydrogens is 268 g/mol. The molecule has 0 atom stereocenters. The summed E-state index contributed by atoms with van der Waals surface area (Å²) in [4.78, 5) is 20.5. The van der Waals surface area contributed by atoms with Crippen LogP contribution < -0.4 is 4.74 Å². The van der Waals surface area contributed by atoms with E-state index in [0.29, 0.717) is 17.7 Å². The van der Waals surface area contributed by atoms with E-state index in [1.54, 1.807) is 12.1 Å². The van der Waals surface area contributed by atoms with Crippen LogP contribution in [0.1, 0.15) is 26.7 Å². The van der Waals surface area contributed by atoms with Gasteiger partial charge in [-0.3, -0.25) is 0 Å². The number of para-hydroxylation sites is 1. The smallest absolute Gasteiger partial charge is 0.338 e. The number of esters is 1. The molecule has 21 heavy (non-hydrogen) atoms. The standard InChI is InChI=1S/C11H12O2.C3H4O2.C3H7/c1-3-9(2)11(12)13-10-7-5-4-6-8-10;1-2-3(4)5;1-3-2/h4-8H,2-3H2,1H3;2H,1H2,(H,4,5);1,3H2,2H3. The summed E-state index contributed by atoms with van der Waals surface area (Å²) in [6.07, 6.45) is 2.45. The average molecular weight is 291 g/mol. The van der Waals surface area contributed by atoms with Crippen molar-refractivity contribution in [1.82, 2.24) is 0 Å². The van der Waals surface area contributed by atoms with E-state index < -0.39 is 5.97 Å². The topological polar surface area (TPSA) is 63.6 Å². The normalized spacial score (nSPS) is 8.14. The number of aliphatic carboxylic acids is 1. The predicted octanol–water partition coefficient (Wildman–Crippen LogP) is 4.05. The summed E-state index contributed by atoms with van der Waals surface area (Å²) >= 11 is 0. The van der Waals surface area contributed by atoms with Crippen LogP contribution in [-0.2, 0) is 9.59 Å². The van der Waals surface area contributed by atoms with Gasteiger partial charge in [0.15, 0.2) is 0 Å². The second-order valence-corrected chi connectivity index (χ2v) is 3.70. The van der Waals surface area contributed by atoms with E-state index in [1.807, 2.05) is 32.0 Å². The van der Waals surface area contributed by atoms with Crippen molar-refractivity contribution in [3.8, 4) is 5.75 Å². The molecule has 0 saturated heterocycles. The van der Waals surface area contributed by atoms with Gasteiger partial charge in [0.05, 0.1) is 0 Å². The Balaban J connectivity index is 0. The van der Waals surface area contributed by atoms with Gasteiger partial charge in [0.25, 0.3) is 0 Å². The number of carboxylic acids is 1. The fraction of sp³-hybridized carbons (Fsp3) is 0.235. The number of carbonyl (C=O) groups excluding carboxylic acids is 1.